The van der Waals surface area contributed by atoms with E-state index in [1.54, 1.807) is 19.1 Å². The van der Waals surface area contributed by atoms with Crippen LogP contribution in [0.2, 0.25) is 15.1 Å². The standard InChI is InChI=1S/C21H23Cl3N4O/c1-15(17-7-8-18(22)21(24)20(17)23)25-26-19(29)9-10-27-11-13-28(14-12-27)16-5-3-2-4-6-16/h2-8H,9-14H2,1H3,(H,26,29). The summed E-state index contributed by atoms with van der Waals surface area (Å²) in [6.07, 6.45) is 0.386. The van der Waals surface area contributed by atoms with Crippen LogP contribution in [0.4, 0.5) is 5.69 Å². The maximum Gasteiger partial charge on any atom is 0.241 e. The smallest absolute Gasteiger partial charge is 0.241 e. The Balaban J connectivity index is 1.45. The number of para-hydroxylation sites is 1. The van der Waals surface area contributed by atoms with E-state index in [0.717, 1.165) is 26.2 Å². The molecule has 1 saturated heterocycles. The number of nitrogens with zero attached hydrogens (tertiary/aromatic N) is 3. The van der Waals surface area contributed by atoms with Crippen LogP contribution in [-0.4, -0.2) is 49.2 Å². The van der Waals surface area contributed by atoms with E-state index in [2.05, 4.69) is 44.6 Å². The molecule has 2 aromatic carbocycles. The van der Waals surface area contributed by atoms with Crippen LogP contribution in [0.15, 0.2) is 47.6 Å². The summed E-state index contributed by atoms with van der Waals surface area (Å²) in [4.78, 5) is 16.8. The van der Waals surface area contributed by atoms with Crippen molar-refractivity contribution >= 4 is 52.1 Å². The number of nitrogens with one attached hydrogen (secondary N) is 1. The van der Waals surface area contributed by atoms with E-state index in [1.165, 1.54) is 5.69 Å². The number of hydrogen-bond acceptors (Lipinski definition) is 4. The van der Waals surface area contributed by atoms with Crippen LogP contribution in [0.3, 0.4) is 0 Å². The highest BCUT2D eigenvalue weighted by Crippen LogP contribution is 2.32. The van der Waals surface area contributed by atoms with Crippen molar-refractivity contribution in [2.24, 2.45) is 5.10 Å². The first kappa shape index (κ1) is 21.9. The number of rotatable bonds is 6. The zero-order valence-electron chi connectivity index (χ0n) is 16.2. The van der Waals surface area contributed by atoms with Crippen molar-refractivity contribution < 1.29 is 4.79 Å². The third-order valence-corrected chi connectivity index (χ3v) is 6.22. The minimum absolute atomic E-state index is 0.133. The minimum atomic E-state index is -0.133. The number of anilines is 1. The molecule has 0 atom stereocenters. The number of carbonyl (C=O) groups is 1. The van der Waals surface area contributed by atoms with E-state index >= 15 is 0 Å². The molecule has 3 rings (SSSR count). The molecule has 1 aliphatic rings. The third kappa shape index (κ3) is 5.86. The first-order valence-corrected chi connectivity index (χ1v) is 10.6. The minimum Gasteiger partial charge on any atom is -0.369 e. The summed E-state index contributed by atoms with van der Waals surface area (Å²) in [6.45, 7) is 6.25. The van der Waals surface area contributed by atoms with Gasteiger partial charge in [0.25, 0.3) is 0 Å². The Bertz CT molecular complexity index is 881. The van der Waals surface area contributed by atoms with Gasteiger partial charge in [-0.2, -0.15) is 5.10 Å². The fourth-order valence-electron chi connectivity index (χ4n) is 3.20. The summed E-state index contributed by atoms with van der Waals surface area (Å²) in [5.41, 5.74) is 5.05. The average molecular weight is 454 g/mol. The van der Waals surface area contributed by atoms with Crippen molar-refractivity contribution in [1.29, 1.82) is 0 Å². The van der Waals surface area contributed by atoms with Crippen molar-refractivity contribution in [1.82, 2.24) is 10.3 Å². The predicted octanol–water partition coefficient (Wildman–Crippen LogP) is 4.70. The Hall–Kier alpha value is -1.79. The molecule has 0 bridgehead atoms. The Labute approximate surface area is 186 Å². The third-order valence-electron chi connectivity index (χ3n) is 4.92. The molecule has 1 amide bonds. The average Bonchev–Trinajstić information content (AvgIpc) is 2.75. The number of benzene rings is 2. The van der Waals surface area contributed by atoms with E-state index in [1.807, 2.05) is 6.07 Å². The zero-order valence-corrected chi connectivity index (χ0v) is 18.4. The van der Waals surface area contributed by atoms with E-state index in [-0.39, 0.29) is 10.9 Å². The number of hydrogen-bond donors (Lipinski definition) is 1. The molecular weight excluding hydrogens is 431 g/mol. The van der Waals surface area contributed by atoms with Crippen LogP contribution >= 0.6 is 34.8 Å². The lowest BCUT2D eigenvalue weighted by molar-refractivity contribution is -0.121. The molecular formula is C21H23Cl3N4O. The Morgan fingerprint density at radius 3 is 2.38 bits per heavy atom. The molecule has 0 spiro atoms. The van der Waals surface area contributed by atoms with Crippen molar-refractivity contribution in [3.8, 4) is 0 Å². The SMILES string of the molecule is CC(=NNC(=O)CCN1CCN(c2ccccc2)CC1)c1ccc(Cl)c(Cl)c1Cl. The van der Waals surface area contributed by atoms with Gasteiger partial charge in [0, 0.05) is 50.4 Å². The van der Waals surface area contributed by atoms with Gasteiger partial charge >= 0.3 is 0 Å². The maximum atomic E-state index is 12.2. The molecule has 1 heterocycles. The maximum absolute atomic E-state index is 12.2. The summed E-state index contributed by atoms with van der Waals surface area (Å²) in [5, 5.41) is 5.13. The second-order valence-electron chi connectivity index (χ2n) is 6.87. The number of piperazine rings is 1. The summed E-state index contributed by atoms with van der Waals surface area (Å²) >= 11 is 18.2. The Morgan fingerprint density at radius 2 is 1.69 bits per heavy atom. The van der Waals surface area contributed by atoms with E-state index in [9.17, 15) is 4.79 Å². The van der Waals surface area contributed by atoms with E-state index in [0.29, 0.717) is 34.3 Å². The van der Waals surface area contributed by atoms with Crippen molar-refractivity contribution in [2.75, 3.05) is 37.6 Å². The molecule has 1 fully saturated rings. The van der Waals surface area contributed by atoms with Gasteiger partial charge in [0.15, 0.2) is 0 Å². The molecule has 8 heteroatoms. The molecule has 2 aromatic rings. The van der Waals surface area contributed by atoms with Crippen LogP contribution < -0.4 is 10.3 Å². The lowest BCUT2D eigenvalue weighted by atomic mass is 10.1. The summed E-state index contributed by atoms with van der Waals surface area (Å²) < 4.78 is 0. The van der Waals surface area contributed by atoms with Gasteiger partial charge in [-0.15, -0.1) is 0 Å². The van der Waals surface area contributed by atoms with Gasteiger partial charge in [0.2, 0.25) is 5.91 Å². The number of hydrazone groups is 1. The molecule has 29 heavy (non-hydrogen) atoms. The van der Waals surface area contributed by atoms with Crippen LogP contribution in [0.1, 0.15) is 18.9 Å². The highest BCUT2D eigenvalue weighted by atomic mass is 35.5. The second-order valence-corrected chi connectivity index (χ2v) is 8.03. The van der Waals surface area contributed by atoms with E-state index < -0.39 is 0 Å². The van der Waals surface area contributed by atoms with Crippen LogP contribution in [0, 0.1) is 0 Å². The van der Waals surface area contributed by atoms with Crippen molar-refractivity contribution in [2.45, 2.75) is 13.3 Å². The van der Waals surface area contributed by atoms with Gasteiger partial charge in [-0.1, -0.05) is 59.1 Å². The lowest BCUT2D eigenvalue weighted by Gasteiger charge is -2.36. The Kier molecular flexibility index (Phi) is 7.78. The van der Waals surface area contributed by atoms with Crippen molar-refractivity contribution in [3.05, 3.63) is 63.1 Å². The topological polar surface area (TPSA) is 47.9 Å². The van der Waals surface area contributed by atoms with Gasteiger partial charge < -0.3 is 4.90 Å². The highest BCUT2D eigenvalue weighted by molar-refractivity contribution is 6.49. The molecule has 0 aromatic heterocycles. The second kappa shape index (κ2) is 10.3. The monoisotopic (exact) mass is 452 g/mol. The number of amides is 1. The lowest BCUT2D eigenvalue weighted by Crippen LogP contribution is -2.47. The largest absolute Gasteiger partial charge is 0.369 e. The summed E-state index contributed by atoms with van der Waals surface area (Å²) in [5.74, 6) is -0.133. The fourth-order valence-corrected chi connectivity index (χ4v) is 3.87. The number of carbonyl (C=O) groups excluding carboxylic acids is 1. The molecule has 0 unspecified atom stereocenters. The van der Waals surface area contributed by atoms with Gasteiger partial charge in [-0.25, -0.2) is 5.43 Å². The molecule has 1 aliphatic heterocycles. The Morgan fingerprint density at radius 1 is 1.00 bits per heavy atom. The van der Waals surface area contributed by atoms with Crippen LogP contribution in [0.25, 0.3) is 0 Å². The zero-order chi connectivity index (χ0) is 20.8. The molecule has 5 nitrogen and oxygen atoms in total. The van der Waals surface area contributed by atoms with Gasteiger partial charge in [0.05, 0.1) is 20.8 Å². The molecule has 0 aliphatic carbocycles. The van der Waals surface area contributed by atoms with Gasteiger partial charge in [-0.3, -0.25) is 9.69 Å². The number of halogens is 3. The summed E-state index contributed by atoms with van der Waals surface area (Å²) in [6, 6.07) is 13.8. The van der Waals surface area contributed by atoms with E-state index in [4.69, 9.17) is 34.8 Å². The van der Waals surface area contributed by atoms with Gasteiger partial charge in [0.1, 0.15) is 0 Å². The molecule has 154 valence electrons. The predicted molar refractivity (Wildman–Crippen MR) is 122 cm³/mol. The highest BCUT2D eigenvalue weighted by Gasteiger charge is 2.17. The quantitative estimate of drug-likeness (QED) is 0.392. The summed E-state index contributed by atoms with van der Waals surface area (Å²) in [7, 11) is 0. The first-order valence-electron chi connectivity index (χ1n) is 9.45. The van der Waals surface area contributed by atoms with Crippen LogP contribution in [-0.2, 0) is 4.79 Å². The molecule has 1 N–H and O–H groups in total. The van der Waals surface area contributed by atoms with Gasteiger partial charge in [-0.05, 0) is 25.1 Å². The first-order chi connectivity index (χ1) is 14.0. The van der Waals surface area contributed by atoms with Crippen LogP contribution in [0.5, 0.6) is 0 Å². The molecule has 0 saturated carbocycles. The van der Waals surface area contributed by atoms with Crippen molar-refractivity contribution in [3.63, 3.8) is 0 Å². The molecule has 0 radical (unpaired) electrons. The normalized spacial score (nSPS) is 15.4. The fraction of sp³-hybridized carbons (Fsp3) is 0.333.